The lowest BCUT2D eigenvalue weighted by molar-refractivity contribution is 0.811. The molecule has 0 spiro atoms. The number of hydrogen-bond acceptors (Lipinski definition) is 3. The van der Waals surface area contributed by atoms with Crippen molar-refractivity contribution in [3.8, 4) is 0 Å². The Balaban J connectivity index is 0.000000810. The van der Waals surface area contributed by atoms with E-state index >= 15 is 0 Å². The molecule has 0 amide bonds. The Morgan fingerprint density at radius 1 is 1.60 bits per heavy atom. The van der Waals surface area contributed by atoms with Crippen molar-refractivity contribution >= 4 is 0 Å². The summed E-state index contributed by atoms with van der Waals surface area (Å²) < 4.78 is 0. The molecule has 1 aromatic heterocycles. The molecule has 0 fully saturated rings. The third-order valence-corrected chi connectivity index (χ3v) is 1.21. The van der Waals surface area contributed by atoms with Crippen molar-refractivity contribution in [1.29, 1.82) is 0 Å². The SMILES string of the molecule is CC(N)c1cccnc1.N. The molecule has 1 heterocycles. The van der Waals surface area contributed by atoms with Crippen LogP contribution in [0.1, 0.15) is 18.5 Å². The number of rotatable bonds is 1. The van der Waals surface area contributed by atoms with Gasteiger partial charge in [0.1, 0.15) is 0 Å². The van der Waals surface area contributed by atoms with Gasteiger partial charge in [0.15, 0.2) is 0 Å². The first kappa shape index (κ1) is 9.07. The van der Waals surface area contributed by atoms with E-state index < -0.39 is 0 Å². The summed E-state index contributed by atoms with van der Waals surface area (Å²) in [5, 5.41) is 0. The van der Waals surface area contributed by atoms with Crippen LogP contribution in [0, 0.1) is 0 Å². The lowest BCUT2D eigenvalue weighted by Crippen LogP contribution is -2.04. The summed E-state index contributed by atoms with van der Waals surface area (Å²) in [6, 6.07) is 3.95. The first-order valence-corrected chi connectivity index (χ1v) is 2.96. The minimum atomic E-state index is 0. The number of nitrogens with two attached hydrogens (primary N) is 1. The van der Waals surface area contributed by atoms with Crippen molar-refractivity contribution in [3.63, 3.8) is 0 Å². The predicted molar refractivity (Wildman–Crippen MR) is 41.9 cm³/mol. The molecule has 1 unspecified atom stereocenters. The van der Waals surface area contributed by atoms with Gasteiger partial charge in [-0.2, -0.15) is 0 Å². The highest BCUT2D eigenvalue weighted by Gasteiger charge is 1.94. The minimum Gasteiger partial charge on any atom is -0.344 e. The molecule has 0 aliphatic heterocycles. The molecule has 1 aromatic rings. The zero-order valence-corrected chi connectivity index (χ0v) is 6.12. The second kappa shape index (κ2) is 3.98. The summed E-state index contributed by atoms with van der Waals surface area (Å²) >= 11 is 0. The maximum atomic E-state index is 5.57. The van der Waals surface area contributed by atoms with Crippen LogP contribution in [0.15, 0.2) is 24.5 Å². The Labute approximate surface area is 60.9 Å². The highest BCUT2D eigenvalue weighted by atomic mass is 14.7. The van der Waals surface area contributed by atoms with E-state index in [1.54, 1.807) is 12.4 Å². The number of hydrogen-bond donors (Lipinski definition) is 2. The van der Waals surface area contributed by atoms with Crippen LogP contribution in [0.25, 0.3) is 0 Å². The van der Waals surface area contributed by atoms with E-state index in [1.807, 2.05) is 19.1 Å². The molecule has 3 nitrogen and oxygen atoms in total. The molecule has 0 saturated heterocycles. The highest BCUT2D eigenvalue weighted by molar-refractivity contribution is 5.11. The number of aromatic nitrogens is 1. The van der Waals surface area contributed by atoms with E-state index in [2.05, 4.69) is 4.98 Å². The van der Waals surface area contributed by atoms with E-state index in [-0.39, 0.29) is 12.2 Å². The zero-order valence-electron chi connectivity index (χ0n) is 6.12. The molecule has 0 radical (unpaired) electrons. The van der Waals surface area contributed by atoms with Gasteiger partial charge in [0.25, 0.3) is 0 Å². The average Bonchev–Trinajstić information content (AvgIpc) is 1.90. The molecule has 0 saturated carbocycles. The van der Waals surface area contributed by atoms with Gasteiger partial charge in [0.2, 0.25) is 0 Å². The average molecular weight is 139 g/mol. The van der Waals surface area contributed by atoms with Gasteiger partial charge in [-0.05, 0) is 18.6 Å². The zero-order chi connectivity index (χ0) is 6.69. The van der Waals surface area contributed by atoms with Crippen LogP contribution in [0.3, 0.4) is 0 Å². The molecule has 10 heavy (non-hydrogen) atoms. The van der Waals surface area contributed by atoms with Crippen LogP contribution in [0.2, 0.25) is 0 Å². The van der Waals surface area contributed by atoms with Crippen molar-refractivity contribution in [2.24, 2.45) is 5.73 Å². The summed E-state index contributed by atoms with van der Waals surface area (Å²) in [7, 11) is 0. The molecule has 56 valence electrons. The van der Waals surface area contributed by atoms with Crippen LogP contribution < -0.4 is 11.9 Å². The van der Waals surface area contributed by atoms with Crippen LogP contribution in [0.5, 0.6) is 0 Å². The first-order chi connectivity index (χ1) is 4.30. The summed E-state index contributed by atoms with van der Waals surface area (Å²) in [5.41, 5.74) is 6.65. The molecule has 3 heteroatoms. The summed E-state index contributed by atoms with van der Waals surface area (Å²) in [4.78, 5) is 3.93. The third kappa shape index (κ3) is 2.13. The molecule has 0 aromatic carbocycles. The first-order valence-electron chi connectivity index (χ1n) is 2.96. The molecular formula is C7H13N3. The number of nitrogens with zero attached hydrogens (tertiary/aromatic N) is 1. The van der Waals surface area contributed by atoms with Crippen molar-refractivity contribution in [2.45, 2.75) is 13.0 Å². The van der Waals surface area contributed by atoms with Crippen molar-refractivity contribution < 1.29 is 0 Å². The maximum absolute atomic E-state index is 5.57. The van der Waals surface area contributed by atoms with E-state index in [0.29, 0.717) is 0 Å². The van der Waals surface area contributed by atoms with Crippen molar-refractivity contribution in [2.75, 3.05) is 0 Å². The van der Waals surface area contributed by atoms with Crippen LogP contribution in [-0.4, -0.2) is 4.98 Å². The summed E-state index contributed by atoms with van der Waals surface area (Å²) in [6.45, 7) is 1.94. The predicted octanol–water partition coefficient (Wildman–Crippen LogP) is 1.26. The Morgan fingerprint density at radius 3 is 2.60 bits per heavy atom. The molecule has 0 aliphatic rings. The second-order valence-corrected chi connectivity index (χ2v) is 2.08. The lowest BCUT2D eigenvalue weighted by Gasteiger charge is -2.01. The lowest BCUT2D eigenvalue weighted by atomic mass is 10.2. The van der Waals surface area contributed by atoms with Gasteiger partial charge in [0.05, 0.1) is 0 Å². The molecule has 0 bridgehead atoms. The van der Waals surface area contributed by atoms with Gasteiger partial charge >= 0.3 is 0 Å². The Kier molecular flexibility index (Phi) is 3.61. The Bertz CT molecular complexity index is 171. The van der Waals surface area contributed by atoms with Gasteiger partial charge in [-0.25, -0.2) is 0 Å². The smallest absolute Gasteiger partial charge is 0.0315 e. The molecule has 1 rings (SSSR count). The van der Waals surface area contributed by atoms with Crippen molar-refractivity contribution in [1.82, 2.24) is 11.1 Å². The highest BCUT2D eigenvalue weighted by Crippen LogP contribution is 2.04. The van der Waals surface area contributed by atoms with Gasteiger partial charge in [-0.15, -0.1) is 0 Å². The van der Waals surface area contributed by atoms with Crippen LogP contribution >= 0.6 is 0 Å². The van der Waals surface area contributed by atoms with Crippen LogP contribution in [0.4, 0.5) is 0 Å². The summed E-state index contributed by atoms with van der Waals surface area (Å²) in [6.07, 6.45) is 3.52. The second-order valence-electron chi connectivity index (χ2n) is 2.08. The molecular weight excluding hydrogens is 126 g/mol. The number of pyridine rings is 1. The van der Waals surface area contributed by atoms with Crippen molar-refractivity contribution in [3.05, 3.63) is 30.1 Å². The van der Waals surface area contributed by atoms with E-state index in [1.165, 1.54) is 0 Å². The van der Waals surface area contributed by atoms with Gasteiger partial charge in [0, 0.05) is 18.4 Å². The Morgan fingerprint density at radius 2 is 2.30 bits per heavy atom. The third-order valence-electron chi connectivity index (χ3n) is 1.21. The van der Waals surface area contributed by atoms with E-state index in [0.717, 1.165) is 5.56 Å². The van der Waals surface area contributed by atoms with E-state index in [9.17, 15) is 0 Å². The molecule has 0 aliphatic carbocycles. The maximum Gasteiger partial charge on any atom is 0.0315 e. The van der Waals surface area contributed by atoms with Gasteiger partial charge in [-0.3, -0.25) is 4.98 Å². The molecule has 1 atom stereocenters. The molecule has 5 N–H and O–H groups in total. The fraction of sp³-hybridized carbons (Fsp3) is 0.286. The van der Waals surface area contributed by atoms with E-state index in [4.69, 9.17) is 5.73 Å². The van der Waals surface area contributed by atoms with Gasteiger partial charge in [-0.1, -0.05) is 6.07 Å². The summed E-state index contributed by atoms with van der Waals surface area (Å²) in [5.74, 6) is 0. The Hall–Kier alpha value is -0.930. The van der Waals surface area contributed by atoms with Gasteiger partial charge < -0.3 is 11.9 Å². The fourth-order valence-corrected chi connectivity index (χ4v) is 0.645. The van der Waals surface area contributed by atoms with Crippen LogP contribution in [-0.2, 0) is 0 Å². The fourth-order valence-electron chi connectivity index (χ4n) is 0.645. The normalized spacial score (nSPS) is 11.8. The minimum absolute atomic E-state index is 0. The largest absolute Gasteiger partial charge is 0.344 e. The monoisotopic (exact) mass is 139 g/mol. The standard InChI is InChI=1S/C7H10N2.H3N/c1-6(8)7-3-2-4-9-5-7;/h2-6H,8H2,1H3;1H3. The topological polar surface area (TPSA) is 73.9 Å². The quantitative estimate of drug-likeness (QED) is 0.615.